The molecule has 2 rings (SSSR count). The third kappa shape index (κ3) is 2.62. The van der Waals surface area contributed by atoms with Gasteiger partial charge in [0.05, 0.1) is 15.0 Å². The van der Waals surface area contributed by atoms with E-state index in [4.69, 9.17) is 23.2 Å². The van der Waals surface area contributed by atoms with Crippen LogP contribution >= 0.6 is 23.2 Å². The summed E-state index contributed by atoms with van der Waals surface area (Å²) in [6.07, 6.45) is 1.11. The van der Waals surface area contributed by atoms with Gasteiger partial charge in [-0.05, 0) is 6.42 Å². The van der Waals surface area contributed by atoms with Gasteiger partial charge in [0, 0.05) is 30.5 Å². The highest BCUT2D eigenvalue weighted by molar-refractivity contribution is 6.37. The first-order valence-electron chi connectivity index (χ1n) is 5.60. The SMILES string of the molecule is O=C1CCCC(=O)C1c1c(Cl)cc([N+](=O)[O-])cc1Cl. The summed E-state index contributed by atoms with van der Waals surface area (Å²) in [5, 5.41) is 10.6. The first-order valence-corrected chi connectivity index (χ1v) is 6.36. The Balaban J connectivity index is 2.53. The number of nitro groups is 1. The minimum Gasteiger partial charge on any atom is -0.299 e. The highest BCUT2D eigenvalue weighted by Gasteiger charge is 2.35. The Kier molecular flexibility index (Phi) is 3.87. The number of ketones is 2. The van der Waals surface area contributed by atoms with E-state index in [0.29, 0.717) is 19.3 Å². The molecule has 0 aromatic heterocycles. The average Bonchev–Trinajstić information content (AvgIpc) is 2.31. The molecule has 1 aliphatic rings. The Morgan fingerprint density at radius 2 is 1.58 bits per heavy atom. The molecule has 1 aromatic carbocycles. The zero-order valence-corrected chi connectivity index (χ0v) is 11.2. The minimum absolute atomic E-state index is 0.0206. The second-order valence-corrected chi connectivity index (χ2v) is 5.11. The van der Waals surface area contributed by atoms with Crippen LogP contribution in [0.3, 0.4) is 0 Å². The second kappa shape index (κ2) is 5.27. The van der Waals surface area contributed by atoms with Gasteiger partial charge in [0.1, 0.15) is 17.5 Å². The van der Waals surface area contributed by atoms with Crippen molar-refractivity contribution in [2.45, 2.75) is 25.2 Å². The number of halogens is 2. The van der Waals surface area contributed by atoms with Crippen LogP contribution in [-0.2, 0) is 9.59 Å². The molecule has 0 atom stereocenters. The highest BCUT2D eigenvalue weighted by Crippen LogP contribution is 2.39. The fourth-order valence-corrected chi connectivity index (χ4v) is 2.87. The van der Waals surface area contributed by atoms with Gasteiger partial charge in [0.15, 0.2) is 0 Å². The Hall–Kier alpha value is -1.46. The number of hydrogen-bond acceptors (Lipinski definition) is 4. The number of carbonyl (C=O) groups excluding carboxylic acids is 2. The van der Waals surface area contributed by atoms with E-state index in [1.54, 1.807) is 0 Å². The van der Waals surface area contributed by atoms with Crippen molar-refractivity contribution in [2.24, 2.45) is 0 Å². The van der Waals surface area contributed by atoms with Crippen molar-refractivity contribution in [1.82, 2.24) is 0 Å². The van der Waals surface area contributed by atoms with Crippen LogP contribution in [0.1, 0.15) is 30.7 Å². The summed E-state index contributed by atoms with van der Waals surface area (Å²) in [4.78, 5) is 33.8. The van der Waals surface area contributed by atoms with Gasteiger partial charge in [0.2, 0.25) is 0 Å². The Morgan fingerprint density at radius 1 is 1.11 bits per heavy atom. The summed E-state index contributed by atoms with van der Waals surface area (Å²) in [6.45, 7) is 0. The molecule has 1 saturated carbocycles. The normalized spacial score (nSPS) is 16.7. The van der Waals surface area contributed by atoms with Crippen LogP contribution in [0.25, 0.3) is 0 Å². The molecule has 0 N–H and O–H groups in total. The molecular formula is C12H9Cl2NO4. The maximum atomic E-state index is 11.9. The van der Waals surface area contributed by atoms with Crippen molar-refractivity contribution in [3.63, 3.8) is 0 Å². The lowest BCUT2D eigenvalue weighted by Gasteiger charge is -2.21. The topological polar surface area (TPSA) is 77.3 Å². The zero-order chi connectivity index (χ0) is 14.2. The van der Waals surface area contributed by atoms with Crippen LogP contribution in [0.15, 0.2) is 12.1 Å². The summed E-state index contributed by atoms with van der Waals surface area (Å²) >= 11 is 11.9. The molecule has 0 heterocycles. The standard InChI is InChI=1S/C12H9Cl2NO4/c13-7-4-6(15(18)19)5-8(14)11(7)12-9(16)2-1-3-10(12)17/h4-5,12H,1-3H2. The lowest BCUT2D eigenvalue weighted by atomic mass is 9.82. The molecule has 0 saturated heterocycles. The number of nitrogens with zero attached hydrogens (tertiary/aromatic N) is 1. The van der Waals surface area contributed by atoms with Gasteiger partial charge in [-0.1, -0.05) is 23.2 Å². The molecule has 0 bridgehead atoms. The van der Waals surface area contributed by atoms with Gasteiger partial charge >= 0.3 is 0 Å². The minimum atomic E-state index is -0.991. The first-order chi connectivity index (χ1) is 8.91. The van der Waals surface area contributed by atoms with E-state index < -0.39 is 10.8 Å². The summed E-state index contributed by atoms with van der Waals surface area (Å²) in [5.41, 5.74) is -0.0851. The summed E-state index contributed by atoms with van der Waals surface area (Å²) < 4.78 is 0. The molecule has 7 heteroatoms. The Bertz CT molecular complexity index is 546. The van der Waals surface area contributed by atoms with E-state index in [2.05, 4.69) is 0 Å². The molecule has 1 aromatic rings. The van der Waals surface area contributed by atoms with Crippen LogP contribution in [0.4, 0.5) is 5.69 Å². The second-order valence-electron chi connectivity index (χ2n) is 4.30. The molecule has 0 unspecified atom stereocenters. The number of rotatable bonds is 2. The van der Waals surface area contributed by atoms with Crippen molar-refractivity contribution in [2.75, 3.05) is 0 Å². The molecule has 0 aliphatic heterocycles. The van der Waals surface area contributed by atoms with Crippen LogP contribution in [0.5, 0.6) is 0 Å². The molecule has 1 aliphatic carbocycles. The van der Waals surface area contributed by atoms with Crippen molar-refractivity contribution >= 4 is 40.5 Å². The fraction of sp³-hybridized carbons (Fsp3) is 0.333. The van der Waals surface area contributed by atoms with Crippen molar-refractivity contribution < 1.29 is 14.5 Å². The zero-order valence-electron chi connectivity index (χ0n) is 9.69. The van der Waals surface area contributed by atoms with Crippen molar-refractivity contribution in [3.8, 4) is 0 Å². The lowest BCUT2D eigenvalue weighted by Crippen LogP contribution is -2.27. The molecular weight excluding hydrogens is 293 g/mol. The highest BCUT2D eigenvalue weighted by atomic mass is 35.5. The van der Waals surface area contributed by atoms with Crippen LogP contribution in [0.2, 0.25) is 10.0 Å². The van der Waals surface area contributed by atoms with Gasteiger partial charge in [-0.2, -0.15) is 0 Å². The van der Waals surface area contributed by atoms with E-state index in [1.807, 2.05) is 0 Å². The summed E-state index contributed by atoms with van der Waals surface area (Å²) in [7, 11) is 0. The van der Waals surface area contributed by atoms with E-state index in [9.17, 15) is 19.7 Å². The largest absolute Gasteiger partial charge is 0.299 e. The summed E-state index contributed by atoms with van der Waals surface area (Å²) in [6, 6.07) is 2.22. The number of nitro benzene ring substituents is 1. The predicted molar refractivity (Wildman–Crippen MR) is 69.7 cm³/mol. The monoisotopic (exact) mass is 301 g/mol. The van der Waals surface area contributed by atoms with Crippen LogP contribution in [0, 0.1) is 10.1 Å². The van der Waals surface area contributed by atoms with Crippen LogP contribution in [-0.4, -0.2) is 16.5 Å². The van der Waals surface area contributed by atoms with E-state index in [1.165, 1.54) is 0 Å². The molecule has 19 heavy (non-hydrogen) atoms. The number of Topliss-reactive ketones (excluding diaryl/α,β-unsaturated/α-hetero) is 2. The van der Waals surface area contributed by atoms with Crippen molar-refractivity contribution in [1.29, 1.82) is 0 Å². The maximum absolute atomic E-state index is 11.9. The van der Waals surface area contributed by atoms with Crippen molar-refractivity contribution in [3.05, 3.63) is 37.9 Å². The molecule has 0 radical (unpaired) electrons. The number of benzene rings is 1. The molecule has 0 spiro atoms. The number of non-ortho nitro benzene ring substituents is 1. The number of hydrogen-bond donors (Lipinski definition) is 0. The van der Waals surface area contributed by atoms with Gasteiger partial charge in [0.25, 0.3) is 5.69 Å². The smallest absolute Gasteiger partial charge is 0.272 e. The molecule has 5 nitrogen and oxygen atoms in total. The van der Waals surface area contributed by atoms with E-state index in [0.717, 1.165) is 12.1 Å². The molecule has 1 fully saturated rings. The Morgan fingerprint density at radius 3 is 2.00 bits per heavy atom. The third-order valence-corrected chi connectivity index (χ3v) is 3.68. The van der Waals surface area contributed by atoms with Gasteiger partial charge < -0.3 is 0 Å². The summed E-state index contributed by atoms with van der Waals surface area (Å²) in [5.74, 6) is -1.47. The number of carbonyl (C=O) groups is 2. The lowest BCUT2D eigenvalue weighted by molar-refractivity contribution is -0.384. The molecule has 0 amide bonds. The van der Waals surface area contributed by atoms with Gasteiger partial charge in [-0.3, -0.25) is 19.7 Å². The van der Waals surface area contributed by atoms with Gasteiger partial charge in [-0.15, -0.1) is 0 Å². The average molecular weight is 302 g/mol. The van der Waals surface area contributed by atoms with E-state index >= 15 is 0 Å². The third-order valence-electron chi connectivity index (χ3n) is 3.05. The van der Waals surface area contributed by atoms with Gasteiger partial charge in [-0.25, -0.2) is 0 Å². The first kappa shape index (κ1) is 14.0. The Labute approximate surface area is 118 Å². The fourth-order valence-electron chi connectivity index (χ4n) is 2.18. The predicted octanol–water partition coefficient (Wildman–Crippen LogP) is 3.31. The van der Waals surface area contributed by atoms with Crippen LogP contribution < -0.4 is 0 Å². The van der Waals surface area contributed by atoms with E-state index in [-0.39, 0.29) is 32.9 Å². The maximum Gasteiger partial charge on any atom is 0.272 e. The molecule has 100 valence electrons. The quantitative estimate of drug-likeness (QED) is 0.477.